The topological polar surface area (TPSA) is 71.1 Å². The first-order chi connectivity index (χ1) is 11.2. The van der Waals surface area contributed by atoms with E-state index in [0.717, 1.165) is 11.5 Å². The predicted octanol–water partition coefficient (Wildman–Crippen LogP) is 0.700. The van der Waals surface area contributed by atoms with Gasteiger partial charge in [0.25, 0.3) is 0 Å². The zero-order valence-corrected chi connectivity index (χ0v) is 13.2. The third-order valence-corrected chi connectivity index (χ3v) is 3.99. The summed E-state index contributed by atoms with van der Waals surface area (Å²) in [5, 5.41) is 2.64. The van der Waals surface area contributed by atoms with Crippen molar-refractivity contribution in [2.45, 2.75) is 13.0 Å². The largest absolute Gasteiger partial charge is 0.486 e. The highest BCUT2D eigenvalue weighted by molar-refractivity contribution is 5.96. The Bertz CT molecular complexity index is 592. The number of likely N-dealkylation sites (N-methyl/N-ethyl adjacent to an activating group) is 1. The van der Waals surface area contributed by atoms with Gasteiger partial charge in [0.1, 0.15) is 12.7 Å². The lowest BCUT2D eigenvalue weighted by molar-refractivity contribution is -0.129. The van der Waals surface area contributed by atoms with Crippen molar-refractivity contribution in [3.63, 3.8) is 0 Å². The first kappa shape index (κ1) is 15.6. The Morgan fingerprint density at radius 3 is 2.87 bits per heavy atom. The lowest BCUT2D eigenvalue weighted by atomic mass is 10.2. The van der Waals surface area contributed by atoms with Gasteiger partial charge in [0.05, 0.1) is 6.54 Å². The minimum atomic E-state index is -0.308. The molecule has 1 aromatic rings. The number of imide groups is 1. The Labute approximate surface area is 135 Å². The van der Waals surface area contributed by atoms with E-state index < -0.39 is 0 Å². The van der Waals surface area contributed by atoms with Gasteiger partial charge in [-0.1, -0.05) is 19.1 Å². The van der Waals surface area contributed by atoms with E-state index in [-0.39, 0.29) is 24.6 Å². The van der Waals surface area contributed by atoms with Crippen LogP contribution in [0.5, 0.6) is 11.5 Å². The number of hydrogen-bond donors (Lipinski definition) is 1. The summed E-state index contributed by atoms with van der Waals surface area (Å²) in [5.41, 5.74) is 0. The fourth-order valence-corrected chi connectivity index (χ4v) is 2.73. The van der Waals surface area contributed by atoms with Crippen LogP contribution in [0.25, 0.3) is 0 Å². The molecule has 0 bridgehead atoms. The molecule has 0 saturated carbocycles. The van der Waals surface area contributed by atoms with E-state index in [4.69, 9.17) is 9.47 Å². The average molecular weight is 319 g/mol. The van der Waals surface area contributed by atoms with Crippen molar-refractivity contribution in [1.29, 1.82) is 0 Å². The summed E-state index contributed by atoms with van der Waals surface area (Å²) >= 11 is 0. The molecule has 0 aromatic heterocycles. The second kappa shape index (κ2) is 6.87. The molecule has 124 valence electrons. The molecule has 7 heteroatoms. The lowest BCUT2D eigenvalue weighted by Gasteiger charge is -2.31. The van der Waals surface area contributed by atoms with E-state index in [0.29, 0.717) is 32.8 Å². The molecule has 1 fully saturated rings. The Hall–Kier alpha value is -2.28. The molecule has 7 nitrogen and oxygen atoms in total. The summed E-state index contributed by atoms with van der Waals surface area (Å²) in [6, 6.07) is 7.24. The maximum atomic E-state index is 12.2. The predicted molar refractivity (Wildman–Crippen MR) is 83.6 cm³/mol. The van der Waals surface area contributed by atoms with Gasteiger partial charge in [0.15, 0.2) is 11.5 Å². The molecule has 0 radical (unpaired) electrons. The summed E-state index contributed by atoms with van der Waals surface area (Å²) in [5.74, 6) is 1.29. The van der Waals surface area contributed by atoms with Gasteiger partial charge < -0.3 is 14.8 Å². The highest BCUT2D eigenvalue weighted by Crippen LogP contribution is 2.30. The molecule has 2 heterocycles. The van der Waals surface area contributed by atoms with Gasteiger partial charge in [-0.25, -0.2) is 4.79 Å². The van der Waals surface area contributed by atoms with Crippen LogP contribution in [0, 0.1) is 0 Å². The molecule has 3 rings (SSSR count). The minimum absolute atomic E-state index is 0.134. The summed E-state index contributed by atoms with van der Waals surface area (Å²) < 4.78 is 11.6. The van der Waals surface area contributed by atoms with Crippen LogP contribution in [0.2, 0.25) is 0 Å². The van der Waals surface area contributed by atoms with Crippen LogP contribution in [-0.4, -0.2) is 67.2 Å². The van der Waals surface area contributed by atoms with Crippen molar-refractivity contribution in [1.82, 2.24) is 15.1 Å². The molecule has 1 N–H and O–H groups in total. The zero-order valence-electron chi connectivity index (χ0n) is 13.2. The average Bonchev–Trinajstić information content (AvgIpc) is 3.00. The molecule has 1 saturated heterocycles. The van der Waals surface area contributed by atoms with Gasteiger partial charge in [-0.15, -0.1) is 0 Å². The first-order valence-electron chi connectivity index (χ1n) is 7.86. The SMILES string of the molecule is CCN(CC(=O)N1CCNC1=O)CC1COc2ccccc2O1. The highest BCUT2D eigenvalue weighted by atomic mass is 16.6. The Morgan fingerprint density at radius 1 is 1.39 bits per heavy atom. The number of nitrogens with one attached hydrogen (secondary N) is 1. The summed E-state index contributed by atoms with van der Waals surface area (Å²) in [6.45, 7) is 4.86. The van der Waals surface area contributed by atoms with Gasteiger partial charge in [-0.3, -0.25) is 14.6 Å². The number of hydrogen-bond acceptors (Lipinski definition) is 5. The normalized spacial score (nSPS) is 19.8. The van der Waals surface area contributed by atoms with Crippen molar-refractivity contribution < 1.29 is 19.1 Å². The van der Waals surface area contributed by atoms with Crippen LogP contribution in [0.3, 0.4) is 0 Å². The van der Waals surface area contributed by atoms with E-state index in [1.165, 1.54) is 4.90 Å². The molecule has 1 aromatic carbocycles. The molecule has 1 atom stereocenters. The zero-order chi connectivity index (χ0) is 16.2. The maximum absolute atomic E-state index is 12.2. The molecule has 2 aliphatic rings. The lowest BCUT2D eigenvalue weighted by Crippen LogP contribution is -2.46. The number of urea groups is 1. The number of carbonyl (C=O) groups is 2. The molecule has 1 unspecified atom stereocenters. The number of para-hydroxylation sites is 2. The molecular weight excluding hydrogens is 298 g/mol. The standard InChI is InChI=1S/C16H21N3O4/c1-2-18(10-15(20)19-8-7-17-16(19)21)9-12-11-22-13-5-3-4-6-14(13)23-12/h3-6,12H,2,7-11H2,1H3,(H,17,21). The number of nitrogens with zero attached hydrogens (tertiary/aromatic N) is 2. The number of carbonyl (C=O) groups excluding carboxylic acids is 2. The summed E-state index contributed by atoms with van der Waals surface area (Å²) in [6.07, 6.45) is -0.134. The Kier molecular flexibility index (Phi) is 4.66. The van der Waals surface area contributed by atoms with Gasteiger partial charge >= 0.3 is 6.03 Å². The summed E-state index contributed by atoms with van der Waals surface area (Å²) in [4.78, 5) is 27.0. The van der Waals surface area contributed by atoms with Crippen LogP contribution >= 0.6 is 0 Å². The first-order valence-corrected chi connectivity index (χ1v) is 7.86. The van der Waals surface area contributed by atoms with Crippen LogP contribution in [-0.2, 0) is 4.79 Å². The number of rotatable bonds is 5. The highest BCUT2D eigenvalue weighted by Gasteiger charge is 2.29. The van der Waals surface area contributed by atoms with Crippen molar-refractivity contribution in [3.05, 3.63) is 24.3 Å². The fourth-order valence-electron chi connectivity index (χ4n) is 2.73. The summed E-state index contributed by atoms with van der Waals surface area (Å²) in [7, 11) is 0. The van der Waals surface area contributed by atoms with Crippen molar-refractivity contribution in [2.75, 3.05) is 39.3 Å². The number of ether oxygens (including phenoxy) is 2. The van der Waals surface area contributed by atoms with Crippen molar-refractivity contribution in [2.24, 2.45) is 0 Å². The molecule has 2 aliphatic heterocycles. The third-order valence-electron chi connectivity index (χ3n) is 3.99. The third kappa shape index (κ3) is 3.56. The fraction of sp³-hybridized carbons (Fsp3) is 0.500. The van der Waals surface area contributed by atoms with E-state index in [9.17, 15) is 9.59 Å². The van der Waals surface area contributed by atoms with Crippen LogP contribution in [0.1, 0.15) is 6.92 Å². The smallest absolute Gasteiger partial charge is 0.324 e. The molecule has 0 spiro atoms. The Balaban J connectivity index is 1.55. The van der Waals surface area contributed by atoms with Crippen LogP contribution < -0.4 is 14.8 Å². The molecule has 23 heavy (non-hydrogen) atoms. The number of fused-ring (bicyclic) bond motifs is 1. The van der Waals surface area contributed by atoms with Crippen molar-refractivity contribution >= 4 is 11.9 Å². The van der Waals surface area contributed by atoms with E-state index in [2.05, 4.69) is 5.32 Å². The molecule has 0 aliphatic carbocycles. The monoisotopic (exact) mass is 319 g/mol. The van der Waals surface area contributed by atoms with E-state index in [1.54, 1.807) is 0 Å². The second-order valence-electron chi connectivity index (χ2n) is 5.60. The van der Waals surface area contributed by atoms with Crippen LogP contribution in [0.4, 0.5) is 4.79 Å². The van der Waals surface area contributed by atoms with Crippen molar-refractivity contribution in [3.8, 4) is 11.5 Å². The minimum Gasteiger partial charge on any atom is -0.486 e. The molecule has 3 amide bonds. The van der Waals surface area contributed by atoms with E-state index >= 15 is 0 Å². The van der Waals surface area contributed by atoms with E-state index in [1.807, 2.05) is 36.1 Å². The van der Waals surface area contributed by atoms with Gasteiger partial charge in [0, 0.05) is 19.6 Å². The molecular formula is C16H21N3O4. The van der Waals surface area contributed by atoms with Crippen LogP contribution in [0.15, 0.2) is 24.3 Å². The number of benzene rings is 1. The van der Waals surface area contributed by atoms with Gasteiger partial charge in [-0.05, 0) is 18.7 Å². The quantitative estimate of drug-likeness (QED) is 0.865. The Morgan fingerprint density at radius 2 is 2.17 bits per heavy atom. The number of amides is 3. The second-order valence-corrected chi connectivity index (χ2v) is 5.60. The maximum Gasteiger partial charge on any atom is 0.324 e. The van der Waals surface area contributed by atoms with Gasteiger partial charge in [0.2, 0.25) is 5.91 Å². The van der Waals surface area contributed by atoms with Gasteiger partial charge in [-0.2, -0.15) is 0 Å².